The Labute approximate surface area is 105 Å². The van der Waals surface area contributed by atoms with Crippen molar-refractivity contribution in [3.63, 3.8) is 0 Å². The quantitative estimate of drug-likeness (QED) is 0.824. The van der Waals surface area contributed by atoms with Crippen molar-refractivity contribution in [2.75, 3.05) is 6.61 Å². The van der Waals surface area contributed by atoms with E-state index in [-0.39, 0.29) is 18.1 Å². The maximum atomic E-state index is 9.30. The molecule has 0 saturated carbocycles. The van der Waals surface area contributed by atoms with Crippen molar-refractivity contribution in [3.8, 4) is 0 Å². The molecule has 2 unspecified atom stereocenters. The lowest BCUT2D eigenvalue weighted by atomic mass is 9.71. The van der Waals surface area contributed by atoms with E-state index in [1.54, 1.807) is 0 Å². The second kappa shape index (κ2) is 5.65. The Morgan fingerprint density at radius 1 is 1.35 bits per heavy atom. The Kier molecular flexibility index (Phi) is 4.72. The van der Waals surface area contributed by atoms with E-state index in [1.165, 1.54) is 16.7 Å². The molecule has 0 aliphatic heterocycles. The molecule has 0 radical (unpaired) electrons. The van der Waals surface area contributed by atoms with Crippen LogP contribution < -0.4 is 5.73 Å². The smallest absolute Gasteiger partial charge is 0.0440 e. The first kappa shape index (κ1) is 14.2. The molecule has 0 fully saturated rings. The van der Waals surface area contributed by atoms with Gasteiger partial charge in [0.2, 0.25) is 0 Å². The summed E-state index contributed by atoms with van der Waals surface area (Å²) in [6.45, 7) is 8.66. The van der Waals surface area contributed by atoms with Gasteiger partial charge >= 0.3 is 0 Å². The molecule has 0 aromatic heterocycles. The number of rotatable bonds is 5. The molecule has 0 aliphatic carbocycles. The maximum Gasteiger partial charge on any atom is 0.0440 e. The van der Waals surface area contributed by atoms with Crippen molar-refractivity contribution < 1.29 is 5.11 Å². The Morgan fingerprint density at radius 2 is 2.00 bits per heavy atom. The molecule has 0 amide bonds. The second-order valence-electron chi connectivity index (χ2n) is 5.22. The number of benzene rings is 1. The van der Waals surface area contributed by atoms with Crippen molar-refractivity contribution in [2.24, 2.45) is 5.73 Å². The Hall–Kier alpha value is -0.860. The zero-order chi connectivity index (χ0) is 13.1. The van der Waals surface area contributed by atoms with E-state index in [4.69, 9.17) is 5.73 Å². The topological polar surface area (TPSA) is 46.2 Å². The van der Waals surface area contributed by atoms with E-state index in [0.29, 0.717) is 6.42 Å². The van der Waals surface area contributed by atoms with Gasteiger partial charge in [-0.05, 0) is 37.8 Å². The molecule has 0 bridgehead atoms. The molecular formula is C15H25NO. The fourth-order valence-electron chi connectivity index (χ4n) is 2.66. The number of hydrogen-bond acceptors (Lipinski definition) is 2. The van der Waals surface area contributed by atoms with Crippen LogP contribution in [-0.2, 0) is 5.41 Å². The van der Waals surface area contributed by atoms with Crippen LogP contribution in [-0.4, -0.2) is 17.8 Å². The summed E-state index contributed by atoms with van der Waals surface area (Å²) in [6, 6.07) is 6.56. The lowest BCUT2D eigenvalue weighted by Crippen LogP contribution is -2.44. The Morgan fingerprint density at radius 3 is 2.47 bits per heavy atom. The third-order valence-corrected chi connectivity index (χ3v) is 3.89. The van der Waals surface area contributed by atoms with Gasteiger partial charge in [-0.15, -0.1) is 0 Å². The van der Waals surface area contributed by atoms with Gasteiger partial charge in [0.1, 0.15) is 0 Å². The summed E-state index contributed by atoms with van der Waals surface area (Å²) in [4.78, 5) is 0. The summed E-state index contributed by atoms with van der Waals surface area (Å²) in [6.07, 6.45) is 1.63. The molecule has 3 N–H and O–H groups in total. The number of aliphatic hydroxyl groups is 1. The van der Waals surface area contributed by atoms with E-state index in [2.05, 4.69) is 45.9 Å². The van der Waals surface area contributed by atoms with Gasteiger partial charge in [-0.1, -0.05) is 37.6 Å². The highest BCUT2D eigenvalue weighted by Gasteiger charge is 2.33. The standard InChI is InChI=1S/C15H25NO/c1-5-14(16)15(4,8-9-17)13-7-6-11(2)10-12(13)3/h6-7,10,14,17H,5,8-9,16H2,1-4H3. The highest BCUT2D eigenvalue weighted by Crippen LogP contribution is 2.34. The predicted molar refractivity (Wildman–Crippen MR) is 73.2 cm³/mol. The Bertz CT molecular complexity index is 375. The summed E-state index contributed by atoms with van der Waals surface area (Å²) in [5, 5.41) is 9.30. The number of nitrogens with two attached hydrogens (primary N) is 1. The molecule has 2 heteroatoms. The summed E-state index contributed by atoms with van der Waals surface area (Å²) in [7, 11) is 0. The monoisotopic (exact) mass is 235 g/mol. The van der Waals surface area contributed by atoms with Gasteiger partial charge < -0.3 is 10.8 Å². The highest BCUT2D eigenvalue weighted by atomic mass is 16.3. The van der Waals surface area contributed by atoms with Crippen LogP contribution >= 0.6 is 0 Å². The lowest BCUT2D eigenvalue weighted by molar-refractivity contribution is 0.222. The minimum atomic E-state index is -0.138. The number of aliphatic hydroxyl groups excluding tert-OH is 1. The Balaban J connectivity index is 3.21. The van der Waals surface area contributed by atoms with E-state index < -0.39 is 0 Å². The highest BCUT2D eigenvalue weighted by molar-refractivity contribution is 5.37. The minimum Gasteiger partial charge on any atom is -0.396 e. The van der Waals surface area contributed by atoms with Crippen LogP contribution in [0.5, 0.6) is 0 Å². The van der Waals surface area contributed by atoms with E-state index >= 15 is 0 Å². The summed E-state index contributed by atoms with van der Waals surface area (Å²) in [5.41, 5.74) is 9.93. The molecule has 0 saturated heterocycles. The molecule has 1 aromatic carbocycles. The molecular weight excluding hydrogens is 210 g/mol. The van der Waals surface area contributed by atoms with Crippen LogP contribution in [0.1, 0.15) is 43.4 Å². The van der Waals surface area contributed by atoms with Crippen molar-refractivity contribution in [1.82, 2.24) is 0 Å². The predicted octanol–water partition coefficient (Wildman–Crippen LogP) is 2.68. The van der Waals surface area contributed by atoms with E-state index in [0.717, 1.165) is 6.42 Å². The van der Waals surface area contributed by atoms with Gasteiger partial charge in [-0.2, -0.15) is 0 Å². The molecule has 96 valence electrons. The van der Waals surface area contributed by atoms with Crippen LogP contribution in [0.25, 0.3) is 0 Å². The van der Waals surface area contributed by atoms with Crippen LogP contribution in [0.2, 0.25) is 0 Å². The average molecular weight is 235 g/mol. The third-order valence-electron chi connectivity index (χ3n) is 3.89. The molecule has 0 aliphatic rings. The molecule has 0 heterocycles. The van der Waals surface area contributed by atoms with Crippen LogP contribution in [0, 0.1) is 13.8 Å². The maximum absolute atomic E-state index is 9.30. The zero-order valence-corrected chi connectivity index (χ0v) is 11.5. The molecule has 2 nitrogen and oxygen atoms in total. The first-order valence-corrected chi connectivity index (χ1v) is 6.40. The van der Waals surface area contributed by atoms with Gasteiger partial charge in [0.25, 0.3) is 0 Å². The van der Waals surface area contributed by atoms with Gasteiger partial charge in [0.15, 0.2) is 0 Å². The van der Waals surface area contributed by atoms with Crippen molar-refractivity contribution in [2.45, 2.75) is 52.0 Å². The first-order chi connectivity index (χ1) is 7.95. The number of aryl methyl sites for hydroxylation is 2. The van der Waals surface area contributed by atoms with Gasteiger partial charge in [0, 0.05) is 18.1 Å². The second-order valence-corrected chi connectivity index (χ2v) is 5.22. The van der Waals surface area contributed by atoms with Crippen LogP contribution in [0.3, 0.4) is 0 Å². The summed E-state index contributed by atoms with van der Waals surface area (Å²) in [5.74, 6) is 0. The molecule has 1 rings (SSSR count). The zero-order valence-electron chi connectivity index (χ0n) is 11.5. The fraction of sp³-hybridized carbons (Fsp3) is 0.600. The molecule has 2 atom stereocenters. The third kappa shape index (κ3) is 2.88. The SMILES string of the molecule is CCC(N)C(C)(CCO)c1ccc(C)cc1C. The number of hydrogen-bond donors (Lipinski definition) is 2. The van der Waals surface area contributed by atoms with Crippen LogP contribution in [0.4, 0.5) is 0 Å². The van der Waals surface area contributed by atoms with E-state index in [9.17, 15) is 5.11 Å². The molecule has 17 heavy (non-hydrogen) atoms. The first-order valence-electron chi connectivity index (χ1n) is 6.40. The van der Waals surface area contributed by atoms with Crippen molar-refractivity contribution in [3.05, 3.63) is 34.9 Å². The molecule has 0 spiro atoms. The van der Waals surface area contributed by atoms with Gasteiger partial charge in [-0.3, -0.25) is 0 Å². The van der Waals surface area contributed by atoms with Crippen molar-refractivity contribution in [1.29, 1.82) is 0 Å². The average Bonchev–Trinajstić information content (AvgIpc) is 2.27. The normalized spacial score (nSPS) is 16.6. The molecule has 1 aromatic rings. The largest absolute Gasteiger partial charge is 0.396 e. The lowest BCUT2D eigenvalue weighted by Gasteiger charge is -2.36. The van der Waals surface area contributed by atoms with Crippen molar-refractivity contribution >= 4 is 0 Å². The summed E-state index contributed by atoms with van der Waals surface area (Å²) >= 11 is 0. The van der Waals surface area contributed by atoms with E-state index in [1.807, 2.05) is 0 Å². The fourth-order valence-corrected chi connectivity index (χ4v) is 2.66. The van der Waals surface area contributed by atoms with Gasteiger partial charge in [-0.25, -0.2) is 0 Å². The van der Waals surface area contributed by atoms with Gasteiger partial charge in [0.05, 0.1) is 0 Å². The van der Waals surface area contributed by atoms with Crippen LogP contribution in [0.15, 0.2) is 18.2 Å². The summed E-state index contributed by atoms with van der Waals surface area (Å²) < 4.78 is 0. The minimum absolute atomic E-state index is 0.0797.